The van der Waals surface area contributed by atoms with Crippen molar-refractivity contribution in [1.82, 2.24) is 10.2 Å². The summed E-state index contributed by atoms with van der Waals surface area (Å²) >= 11 is 6.44. The van der Waals surface area contributed by atoms with Crippen molar-refractivity contribution in [3.05, 3.63) is 34.9 Å². The van der Waals surface area contributed by atoms with Gasteiger partial charge in [0.15, 0.2) is 0 Å². The Morgan fingerprint density at radius 2 is 1.91 bits per heavy atom. The van der Waals surface area contributed by atoms with Gasteiger partial charge in [-0.1, -0.05) is 56.0 Å². The standard InChI is InChI=1S/C19H29ClN2O/c1-2-3-12-19(23)21-15-18(16-10-6-7-11-17(16)20)22-13-8-4-5-9-14-22/h6-7,10-11,18H,2-5,8-9,12-15H2,1H3,(H,21,23). The van der Waals surface area contributed by atoms with Gasteiger partial charge in [-0.15, -0.1) is 0 Å². The van der Waals surface area contributed by atoms with Crippen LogP contribution in [0.1, 0.15) is 63.5 Å². The first-order valence-electron chi connectivity index (χ1n) is 8.97. The van der Waals surface area contributed by atoms with Gasteiger partial charge in [-0.2, -0.15) is 0 Å². The van der Waals surface area contributed by atoms with E-state index in [-0.39, 0.29) is 11.9 Å². The third kappa shape index (κ3) is 5.82. The van der Waals surface area contributed by atoms with Gasteiger partial charge in [-0.25, -0.2) is 0 Å². The number of unbranched alkanes of at least 4 members (excludes halogenated alkanes) is 1. The molecule has 0 saturated carbocycles. The molecule has 4 heteroatoms. The van der Waals surface area contributed by atoms with Crippen LogP contribution in [0.2, 0.25) is 5.02 Å². The number of carbonyl (C=O) groups is 1. The number of benzene rings is 1. The average Bonchev–Trinajstić information content (AvgIpc) is 2.84. The van der Waals surface area contributed by atoms with Crippen LogP contribution in [0.3, 0.4) is 0 Å². The van der Waals surface area contributed by atoms with E-state index in [1.54, 1.807) is 0 Å². The monoisotopic (exact) mass is 336 g/mol. The van der Waals surface area contributed by atoms with Gasteiger partial charge in [0.25, 0.3) is 0 Å². The predicted molar refractivity (Wildman–Crippen MR) is 96.8 cm³/mol. The van der Waals surface area contributed by atoms with Crippen LogP contribution in [0, 0.1) is 0 Å². The van der Waals surface area contributed by atoms with Crippen LogP contribution in [-0.2, 0) is 4.79 Å². The summed E-state index contributed by atoms with van der Waals surface area (Å²) in [5, 5.41) is 3.92. The number of carbonyl (C=O) groups excluding carboxylic acids is 1. The second kappa shape index (κ2) is 9.94. The molecule has 0 aromatic heterocycles. The van der Waals surface area contributed by atoms with Crippen LogP contribution in [0.25, 0.3) is 0 Å². The van der Waals surface area contributed by atoms with Crippen LogP contribution in [-0.4, -0.2) is 30.4 Å². The lowest BCUT2D eigenvalue weighted by Crippen LogP contribution is -2.38. The minimum atomic E-state index is 0.152. The Bertz CT molecular complexity index is 484. The molecule has 128 valence electrons. The molecular formula is C19H29ClN2O. The molecule has 23 heavy (non-hydrogen) atoms. The first-order valence-corrected chi connectivity index (χ1v) is 9.35. The Hall–Kier alpha value is -1.06. The summed E-state index contributed by atoms with van der Waals surface area (Å²) < 4.78 is 0. The Balaban J connectivity index is 2.08. The van der Waals surface area contributed by atoms with Crippen LogP contribution in [0.5, 0.6) is 0 Å². The van der Waals surface area contributed by atoms with E-state index in [0.29, 0.717) is 13.0 Å². The third-order valence-electron chi connectivity index (χ3n) is 4.60. The fourth-order valence-electron chi connectivity index (χ4n) is 3.22. The average molecular weight is 337 g/mol. The molecule has 0 spiro atoms. The predicted octanol–water partition coefficient (Wildman–Crippen LogP) is 4.56. The van der Waals surface area contributed by atoms with Gasteiger partial charge >= 0.3 is 0 Å². The summed E-state index contributed by atoms with van der Waals surface area (Å²) in [6.07, 6.45) is 7.67. The molecule has 1 aliphatic rings. The summed E-state index contributed by atoms with van der Waals surface area (Å²) in [5.74, 6) is 0.152. The quantitative estimate of drug-likeness (QED) is 0.791. The lowest BCUT2D eigenvalue weighted by molar-refractivity contribution is -0.121. The van der Waals surface area contributed by atoms with Crippen molar-refractivity contribution >= 4 is 17.5 Å². The number of hydrogen-bond donors (Lipinski definition) is 1. The van der Waals surface area contributed by atoms with E-state index in [0.717, 1.165) is 36.5 Å². The number of hydrogen-bond acceptors (Lipinski definition) is 2. The number of nitrogens with zero attached hydrogens (tertiary/aromatic N) is 1. The van der Waals surface area contributed by atoms with Gasteiger partial charge in [0.1, 0.15) is 0 Å². The molecule has 0 bridgehead atoms. The second-order valence-corrected chi connectivity index (χ2v) is 6.80. The molecule has 1 N–H and O–H groups in total. The van der Waals surface area contributed by atoms with Crippen molar-refractivity contribution in [3.63, 3.8) is 0 Å². The van der Waals surface area contributed by atoms with Gasteiger partial charge in [0.2, 0.25) is 5.91 Å². The summed E-state index contributed by atoms with van der Waals surface area (Å²) in [5.41, 5.74) is 1.13. The molecule has 3 nitrogen and oxygen atoms in total. The van der Waals surface area contributed by atoms with Gasteiger partial charge < -0.3 is 5.32 Å². The van der Waals surface area contributed by atoms with E-state index in [1.165, 1.54) is 25.7 Å². The first-order chi connectivity index (χ1) is 11.2. The SMILES string of the molecule is CCCCC(=O)NCC(c1ccccc1Cl)N1CCCCCC1. The van der Waals surface area contributed by atoms with Crippen LogP contribution < -0.4 is 5.32 Å². The third-order valence-corrected chi connectivity index (χ3v) is 4.94. The zero-order valence-electron chi connectivity index (χ0n) is 14.2. The highest BCUT2D eigenvalue weighted by molar-refractivity contribution is 6.31. The molecular weight excluding hydrogens is 308 g/mol. The zero-order valence-corrected chi connectivity index (χ0v) is 14.9. The molecule has 1 aliphatic heterocycles. The maximum absolute atomic E-state index is 12.0. The van der Waals surface area contributed by atoms with E-state index in [4.69, 9.17) is 11.6 Å². The molecule has 0 radical (unpaired) electrons. The highest BCUT2D eigenvalue weighted by Gasteiger charge is 2.23. The number of nitrogens with one attached hydrogen (secondary N) is 1. The molecule has 1 aromatic carbocycles. The molecule has 1 aromatic rings. The lowest BCUT2D eigenvalue weighted by Gasteiger charge is -2.31. The molecule has 1 saturated heterocycles. The smallest absolute Gasteiger partial charge is 0.220 e. The molecule has 1 unspecified atom stereocenters. The van der Waals surface area contributed by atoms with Crippen LogP contribution >= 0.6 is 11.6 Å². The molecule has 1 heterocycles. The van der Waals surface area contributed by atoms with Crippen LogP contribution in [0.4, 0.5) is 0 Å². The van der Waals surface area contributed by atoms with Crippen molar-refractivity contribution in [2.75, 3.05) is 19.6 Å². The Kier molecular flexibility index (Phi) is 7.90. The highest BCUT2D eigenvalue weighted by Crippen LogP contribution is 2.29. The summed E-state index contributed by atoms with van der Waals surface area (Å²) in [4.78, 5) is 14.5. The van der Waals surface area contributed by atoms with E-state index >= 15 is 0 Å². The van der Waals surface area contributed by atoms with Crippen molar-refractivity contribution in [2.45, 2.75) is 57.9 Å². The zero-order chi connectivity index (χ0) is 16.5. The Morgan fingerprint density at radius 1 is 1.22 bits per heavy atom. The molecule has 1 amide bonds. The van der Waals surface area contributed by atoms with E-state index in [1.807, 2.05) is 18.2 Å². The number of halogens is 1. The number of amides is 1. The van der Waals surface area contributed by atoms with Crippen molar-refractivity contribution < 1.29 is 4.79 Å². The number of rotatable bonds is 7. The van der Waals surface area contributed by atoms with Crippen molar-refractivity contribution in [1.29, 1.82) is 0 Å². The van der Waals surface area contributed by atoms with Crippen molar-refractivity contribution in [3.8, 4) is 0 Å². The molecule has 1 fully saturated rings. The van der Waals surface area contributed by atoms with E-state index in [2.05, 4.69) is 23.2 Å². The van der Waals surface area contributed by atoms with E-state index in [9.17, 15) is 4.79 Å². The van der Waals surface area contributed by atoms with E-state index < -0.39 is 0 Å². The largest absolute Gasteiger partial charge is 0.354 e. The normalized spacial score (nSPS) is 17.5. The highest BCUT2D eigenvalue weighted by atomic mass is 35.5. The minimum absolute atomic E-state index is 0.152. The van der Waals surface area contributed by atoms with Gasteiger partial charge in [0, 0.05) is 18.0 Å². The maximum atomic E-state index is 12.0. The fourth-order valence-corrected chi connectivity index (χ4v) is 3.49. The maximum Gasteiger partial charge on any atom is 0.220 e. The molecule has 1 atom stereocenters. The lowest BCUT2D eigenvalue weighted by atomic mass is 10.0. The summed E-state index contributed by atoms with van der Waals surface area (Å²) in [7, 11) is 0. The minimum Gasteiger partial charge on any atom is -0.354 e. The number of likely N-dealkylation sites (tertiary alicyclic amines) is 1. The van der Waals surface area contributed by atoms with Crippen molar-refractivity contribution in [2.24, 2.45) is 0 Å². The second-order valence-electron chi connectivity index (χ2n) is 6.40. The van der Waals surface area contributed by atoms with Crippen LogP contribution in [0.15, 0.2) is 24.3 Å². The summed E-state index contributed by atoms with van der Waals surface area (Å²) in [6.45, 7) is 4.92. The van der Waals surface area contributed by atoms with Gasteiger partial charge in [0.05, 0.1) is 6.04 Å². The topological polar surface area (TPSA) is 32.3 Å². The first kappa shape index (κ1) is 18.3. The Labute approximate surface area is 145 Å². The summed E-state index contributed by atoms with van der Waals surface area (Å²) in [6, 6.07) is 8.21. The fraction of sp³-hybridized carbons (Fsp3) is 0.632. The molecule has 2 rings (SSSR count). The van der Waals surface area contributed by atoms with Gasteiger partial charge in [-0.3, -0.25) is 9.69 Å². The molecule has 0 aliphatic carbocycles. The Morgan fingerprint density at radius 3 is 2.57 bits per heavy atom. The van der Waals surface area contributed by atoms with Gasteiger partial charge in [-0.05, 0) is 44.0 Å².